The predicted octanol–water partition coefficient (Wildman–Crippen LogP) is 2.73. The molecule has 2 aromatic rings. The number of para-hydroxylation sites is 2. The Morgan fingerprint density at radius 3 is 2.55 bits per heavy atom. The van der Waals surface area contributed by atoms with Gasteiger partial charge in [-0.1, -0.05) is 23.7 Å². The Bertz CT molecular complexity index is 732. The number of sulfonamides is 1. The maximum absolute atomic E-state index is 12.4. The van der Waals surface area contributed by atoms with E-state index in [2.05, 4.69) is 4.72 Å². The van der Waals surface area contributed by atoms with E-state index in [0.717, 1.165) is 0 Å². The number of nitrogens with two attached hydrogens (primary N) is 1. The van der Waals surface area contributed by atoms with Gasteiger partial charge in [0.1, 0.15) is 10.6 Å². The smallest absolute Gasteiger partial charge is 0.265 e. The van der Waals surface area contributed by atoms with Crippen molar-refractivity contribution >= 4 is 33.0 Å². The molecule has 2 rings (SSSR count). The Balaban J connectivity index is 2.44. The molecule has 0 aliphatic heterocycles. The molecule has 0 aliphatic carbocycles. The first-order valence-corrected chi connectivity index (χ1v) is 7.51. The standard InChI is InChI=1S/C13H13ClN2O3S/c1-19-12-8-9(14)6-7-13(12)20(17,18)16-11-5-3-2-4-10(11)15/h2-8,16H,15H2,1H3. The predicted molar refractivity (Wildman–Crippen MR) is 79.7 cm³/mol. The van der Waals surface area contributed by atoms with Crippen LogP contribution in [0.3, 0.4) is 0 Å². The number of hydrogen-bond acceptors (Lipinski definition) is 4. The Morgan fingerprint density at radius 1 is 1.20 bits per heavy atom. The average Bonchev–Trinajstić information content (AvgIpc) is 2.40. The van der Waals surface area contributed by atoms with Gasteiger partial charge in [0, 0.05) is 11.1 Å². The minimum Gasteiger partial charge on any atom is -0.495 e. The first-order chi connectivity index (χ1) is 9.44. The van der Waals surface area contributed by atoms with E-state index in [-0.39, 0.29) is 10.6 Å². The lowest BCUT2D eigenvalue weighted by molar-refractivity contribution is 0.403. The second-order valence-corrected chi connectivity index (χ2v) is 6.08. The highest BCUT2D eigenvalue weighted by molar-refractivity contribution is 7.92. The lowest BCUT2D eigenvalue weighted by atomic mass is 10.3. The molecule has 0 saturated heterocycles. The highest BCUT2D eigenvalue weighted by Crippen LogP contribution is 2.29. The van der Waals surface area contributed by atoms with Crippen molar-refractivity contribution in [3.8, 4) is 5.75 Å². The molecule has 5 nitrogen and oxygen atoms in total. The molecule has 0 amide bonds. The number of anilines is 2. The van der Waals surface area contributed by atoms with Crippen molar-refractivity contribution in [3.63, 3.8) is 0 Å². The van der Waals surface area contributed by atoms with Crippen molar-refractivity contribution in [2.45, 2.75) is 4.90 Å². The van der Waals surface area contributed by atoms with Gasteiger partial charge in [0.25, 0.3) is 10.0 Å². The molecule has 0 bridgehead atoms. The second kappa shape index (κ2) is 5.60. The second-order valence-electron chi connectivity index (χ2n) is 3.99. The van der Waals surface area contributed by atoms with Crippen LogP contribution in [0.15, 0.2) is 47.4 Å². The number of halogens is 1. The molecule has 106 valence electrons. The summed E-state index contributed by atoms with van der Waals surface area (Å²) in [6.07, 6.45) is 0. The molecule has 0 aliphatic rings. The van der Waals surface area contributed by atoms with E-state index in [1.54, 1.807) is 24.3 Å². The van der Waals surface area contributed by atoms with Crippen LogP contribution in [0.4, 0.5) is 11.4 Å². The fraction of sp³-hybridized carbons (Fsp3) is 0.0769. The summed E-state index contributed by atoms with van der Waals surface area (Å²) in [6.45, 7) is 0. The van der Waals surface area contributed by atoms with E-state index in [4.69, 9.17) is 22.1 Å². The topological polar surface area (TPSA) is 81.4 Å². The number of methoxy groups -OCH3 is 1. The fourth-order valence-electron chi connectivity index (χ4n) is 1.65. The molecule has 0 aromatic heterocycles. The lowest BCUT2D eigenvalue weighted by Gasteiger charge is -2.13. The summed E-state index contributed by atoms with van der Waals surface area (Å²) in [5.74, 6) is 0.166. The largest absolute Gasteiger partial charge is 0.495 e. The molecule has 0 spiro atoms. The van der Waals surface area contributed by atoms with Crippen LogP contribution in [0.1, 0.15) is 0 Å². The maximum Gasteiger partial charge on any atom is 0.265 e. The number of rotatable bonds is 4. The Morgan fingerprint density at radius 2 is 1.90 bits per heavy atom. The van der Waals surface area contributed by atoms with Gasteiger partial charge >= 0.3 is 0 Å². The van der Waals surface area contributed by atoms with Gasteiger partial charge in [0.05, 0.1) is 18.5 Å². The number of benzene rings is 2. The molecule has 0 unspecified atom stereocenters. The van der Waals surface area contributed by atoms with E-state index in [0.29, 0.717) is 16.4 Å². The van der Waals surface area contributed by atoms with Crippen LogP contribution in [-0.4, -0.2) is 15.5 Å². The van der Waals surface area contributed by atoms with Crippen molar-refractivity contribution in [1.29, 1.82) is 0 Å². The molecule has 0 saturated carbocycles. The van der Waals surface area contributed by atoms with E-state index in [1.807, 2.05) is 0 Å². The van der Waals surface area contributed by atoms with Gasteiger partial charge in [0.15, 0.2) is 0 Å². The van der Waals surface area contributed by atoms with Gasteiger partial charge in [-0.05, 0) is 24.3 Å². The fourth-order valence-corrected chi connectivity index (χ4v) is 3.05. The zero-order chi connectivity index (χ0) is 14.8. The van der Waals surface area contributed by atoms with Crippen molar-refractivity contribution in [2.75, 3.05) is 17.6 Å². The van der Waals surface area contributed by atoms with Gasteiger partial charge in [-0.2, -0.15) is 0 Å². The molecular weight excluding hydrogens is 300 g/mol. The molecule has 0 radical (unpaired) electrons. The minimum absolute atomic E-state index is 0.00680. The number of nitrogen functional groups attached to an aromatic ring is 1. The van der Waals surface area contributed by atoms with E-state index in [9.17, 15) is 8.42 Å². The van der Waals surface area contributed by atoms with Crippen molar-refractivity contribution in [2.24, 2.45) is 0 Å². The molecular formula is C13H13ClN2O3S. The number of ether oxygens (including phenoxy) is 1. The van der Waals surface area contributed by atoms with E-state index in [1.165, 1.54) is 25.3 Å². The summed E-state index contributed by atoms with van der Waals surface area (Å²) in [5.41, 5.74) is 6.37. The van der Waals surface area contributed by atoms with Crippen molar-refractivity contribution in [3.05, 3.63) is 47.5 Å². The van der Waals surface area contributed by atoms with Gasteiger partial charge in [0.2, 0.25) is 0 Å². The molecule has 7 heteroatoms. The van der Waals surface area contributed by atoms with Crippen molar-refractivity contribution < 1.29 is 13.2 Å². The monoisotopic (exact) mass is 312 g/mol. The van der Waals surface area contributed by atoms with E-state index < -0.39 is 10.0 Å². The molecule has 2 aromatic carbocycles. The van der Waals surface area contributed by atoms with Crippen LogP contribution in [0, 0.1) is 0 Å². The third-order valence-electron chi connectivity index (χ3n) is 2.62. The summed E-state index contributed by atoms with van der Waals surface area (Å²) in [5, 5.41) is 0.389. The van der Waals surface area contributed by atoms with Crippen LogP contribution in [-0.2, 0) is 10.0 Å². The SMILES string of the molecule is COc1cc(Cl)ccc1S(=O)(=O)Nc1ccccc1N. The van der Waals surface area contributed by atoms with Crippen LogP contribution in [0.25, 0.3) is 0 Å². The minimum atomic E-state index is -3.81. The lowest BCUT2D eigenvalue weighted by Crippen LogP contribution is -2.15. The normalized spacial score (nSPS) is 11.1. The molecule has 3 N–H and O–H groups in total. The highest BCUT2D eigenvalue weighted by Gasteiger charge is 2.20. The third-order valence-corrected chi connectivity index (χ3v) is 4.26. The zero-order valence-electron chi connectivity index (χ0n) is 10.6. The van der Waals surface area contributed by atoms with Gasteiger partial charge in [-0.3, -0.25) is 4.72 Å². The average molecular weight is 313 g/mol. The first-order valence-electron chi connectivity index (χ1n) is 5.65. The van der Waals surface area contributed by atoms with Crippen molar-refractivity contribution in [1.82, 2.24) is 0 Å². The molecule has 0 atom stereocenters. The van der Waals surface area contributed by atoms with Crippen LogP contribution in [0.2, 0.25) is 5.02 Å². The summed E-state index contributed by atoms with van der Waals surface area (Å²) in [4.78, 5) is -0.00680. The maximum atomic E-state index is 12.4. The Labute approximate surface area is 122 Å². The molecule has 0 fully saturated rings. The highest BCUT2D eigenvalue weighted by atomic mass is 35.5. The van der Waals surface area contributed by atoms with Gasteiger partial charge < -0.3 is 10.5 Å². The summed E-state index contributed by atoms with van der Waals surface area (Å²) < 4.78 is 32.2. The molecule has 0 heterocycles. The van der Waals surface area contributed by atoms with E-state index >= 15 is 0 Å². The summed E-state index contributed by atoms with van der Waals surface area (Å²) in [7, 11) is -2.43. The third kappa shape index (κ3) is 2.97. The van der Waals surface area contributed by atoms with Crippen LogP contribution < -0.4 is 15.2 Å². The van der Waals surface area contributed by atoms with Gasteiger partial charge in [-0.25, -0.2) is 8.42 Å². The molecule has 20 heavy (non-hydrogen) atoms. The van der Waals surface area contributed by atoms with Gasteiger partial charge in [-0.15, -0.1) is 0 Å². The summed E-state index contributed by atoms with van der Waals surface area (Å²) in [6, 6.07) is 10.9. The Hall–Kier alpha value is -1.92. The number of nitrogens with one attached hydrogen (secondary N) is 1. The van der Waals surface area contributed by atoms with Crippen LogP contribution >= 0.6 is 11.6 Å². The zero-order valence-corrected chi connectivity index (χ0v) is 12.2. The van der Waals surface area contributed by atoms with Crippen LogP contribution in [0.5, 0.6) is 5.75 Å². The Kier molecular flexibility index (Phi) is 4.06. The summed E-state index contributed by atoms with van der Waals surface area (Å²) >= 11 is 5.82. The first kappa shape index (κ1) is 14.5. The number of hydrogen-bond donors (Lipinski definition) is 2. The quantitative estimate of drug-likeness (QED) is 0.851.